The molecule has 98 valence electrons. The fraction of sp³-hybridized carbons (Fsp3) is 0.769. The van der Waals surface area contributed by atoms with Crippen LogP contribution in [-0.4, -0.2) is 9.78 Å². The zero-order valence-electron chi connectivity index (χ0n) is 11.1. The molecule has 1 aromatic heterocycles. The van der Waals surface area contributed by atoms with Crippen LogP contribution in [-0.2, 0) is 5.41 Å². The summed E-state index contributed by atoms with van der Waals surface area (Å²) >= 11 is 0. The Balaban J connectivity index is 0.00000144. The molecule has 17 heavy (non-hydrogen) atoms. The Morgan fingerprint density at radius 1 is 1.24 bits per heavy atom. The Morgan fingerprint density at radius 2 is 1.82 bits per heavy atom. The molecule has 4 heteroatoms. The van der Waals surface area contributed by atoms with Crippen molar-refractivity contribution in [1.82, 2.24) is 9.78 Å². The summed E-state index contributed by atoms with van der Waals surface area (Å²) in [6, 6.07) is 2.57. The summed E-state index contributed by atoms with van der Waals surface area (Å²) in [4.78, 5) is 0. The van der Waals surface area contributed by atoms with Crippen molar-refractivity contribution in [2.75, 3.05) is 5.73 Å². The quantitative estimate of drug-likeness (QED) is 0.834. The van der Waals surface area contributed by atoms with Crippen LogP contribution in [0.2, 0.25) is 0 Å². The smallest absolute Gasteiger partial charge is 0.122 e. The van der Waals surface area contributed by atoms with E-state index in [9.17, 15) is 0 Å². The number of nitrogen functional groups attached to an aromatic ring is 1. The molecule has 0 radical (unpaired) electrons. The van der Waals surface area contributed by atoms with Gasteiger partial charge in [-0.25, -0.2) is 4.68 Å². The van der Waals surface area contributed by atoms with E-state index in [0.717, 1.165) is 11.5 Å². The highest BCUT2D eigenvalue weighted by molar-refractivity contribution is 5.85. The molecule has 0 unspecified atom stereocenters. The second-order valence-electron chi connectivity index (χ2n) is 5.94. The van der Waals surface area contributed by atoms with Crippen molar-refractivity contribution in [1.29, 1.82) is 0 Å². The predicted octanol–water partition coefficient (Wildman–Crippen LogP) is 3.69. The van der Waals surface area contributed by atoms with Crippen LogP contribution in [0.1, 0.15) is 64.6 Å². The average molecular weight is 258 g/mol. The number of rotatable bonds is 1. The second kappa shape index (κ2) is 5.30. The molecule has 0 aliphatic heterocycles. The van der Waals surface area contributed by atoms with Crippen LogP contribution in [0, 0.1) is 0 Å². The van der Waals surface area contributed by atoms with Gasteiger partial charge in [-0.15, -0.1) is 12.4 Å². The Bertz CT molecular complexity index is 359. The lowest BCUT2D eigenvalue weighted by Crippen LogP contribution is -2.18. The summed E-state index contributed by atoms with van der Waals surface area (Å²) in [6.07, 6.45) is 6.46. The fourth-order valence-electron chi connectivity index (χ4n) is 2.39. The van der Waals surface area contributed by atoms with Gasteiger partial charge in [0.25, 0.3) is 0 Å². The van der Waals surface area contributed by atoms with Crippen LogP contribution in [0.3, 0.4) is 0 Å². The first-order valence-electron chi connectivity index (χ1n) is 6.34. The number of hydrogen-bond acceptors (Lipinski definition) is 2. The average Bonchev–Trinajstić information content (AvgIpc) is 2.61. The first-order chi connectivity index (χ1) is 7.48. The maximum atomic E-state index is 6.07. The molecule has 1 heterocycles. The monoisotopic (exact) mass is 257 g/mol. The fourth-order valence-corrected chi connectivity index (χ4v) is 2.39. The summed E-state index contributed by atoms with van der Waals surface area (Å²) in [7, 11) is 0. The zero-order valence-corrected chi connectivity index (χ0v) is 11.9. The molecule has 0 spiro atoms. The van der Waals surface area contributed by atoms with Crippen LogP contribution in [0.5, 0.6) is 0 Å². The highest BCUT2D eigenvalue weighted by Gasteiger charge is 2.23. The molecule has 1 aliphatic carbocycles. The summed E-state index contributed by atoms with van der Waals surface area (Å²) in [5.74, 6) is 0.830. The van der Waals surface area contributed by atoms with Crippen LogP contribution in [0.25, 0.3) is 0 Å². The Morgan fingerprint density at radius 3 is 2.29 bits per heavy atom. The molecule has 0 atom stereocenters. The molecule has 1 aliphatic rings. The number of aromatic nitrogens is 2. The predicted molar refractivity (Wildman–Crippen MR) is 74.7 cm³/mol. The number of hydrogen-bond donors (Lipinski definition) is 1. The SMILES string of the molecule is CC(C)(C)c1cc(N)n(C2CCCCC2)n1.Cl. The summed E-state index contributed by atoms with van der Waals surface area (Å²) in [5.41, 5.74) is 7.27. The van der Waals surface area contributed by atoms with Crippen LogP contribution >= 0.6 is 12.4 Å². The molecule has 0 bridgehead atoms. The summed E-state index contributed by atoms with van der Waals surface area (Å²) in [5, 5.41) is 4.70. The van der Waals surface area contributed by atoms with Gasteiger partial charge in [-0.05, 0) is 12.8 Å². The Hall–Kier alpha value is -0.700. The normalized spacial score (nSPS) is 17.8. The van der Waals surface area contributed by atoms with Crippen molar-refractivity contribution >= 4 is 18.2 Å². The molecule has 1 aromatic rings. The number of anilines is 1. The Labute approximate surface area is 110 Å². The van der Waals surface area contributed by atoms with E-state index in [2.05, 4.69) is 25.5 Å². The third-order valence-corrected chi connectivity index (χ3v) is 3.45. The maximum Gasteiger partial charge on any atom is 0.122 e. The van der Waals surface area contributed by atoms with Gasteiger partial charge in [0.05, 0.1) is 11.7 Å². The molecule has 0 amide bonds. The van der Waals surface area contributed by atoms with E-state index in [1.807, 2.05) is 6.07 Å². The van der Waals surface area contributed by atoms with Gasteiger partial charge in [0.1, 0.15) is 5.82 Å². The minimum Gasteiger partial charge on any atom is -0.384 e. The van der Waals surface area contributed by atoms with Gasteiger partial charge < -0.3 is 5.73 Å². The second-order valence-corrected chi connectivity index (χ2v) is 5.94. The van der Waals surface area contributed by atoms with E-state index < -0.39 is 0 Å². The van der Waals surface area contributed by atoms with Gasteiger partial charge in [-0.3, -0.25) is 0 Å². The first-order valence-corrected chi connectivity index (χ1v) is 6.34. The minimum absolute atomic E-state index is 0. The molecule has 3 nitrogen and oxygen atoms in total. The first kappa shape index (κ1) is 14.4. The summed E-state index contributed by atoms with van der Waals surface area (Å²) in [6.45, 7) is 6.54. The van der Waals surface area contributed by atoms with E-state index in [-0.39, 0.29) is 17.8 Å². The van der Waals surface area contributed by atoms with Gasteiger partial charge in [-0.2, -0.15) is 5.10 Å². The van der Waals surface area contributed by atoms with Gasteiger partial charge in [-0.1, -0.05) is 40.0 Å². The number of nitrogens with two attached hydrogens (primary N) is 1. The van der Waals surface area contributed by atoms with Crippen LogP contribution in [0.4, 0.5) is 5.82 Å². The zero-order chi connectivity index (χ0) is 11.8. The largest absolute Gasteiger partial charge is 0.384 e. The van der Waals surface area contributed by atoms with Crippen molar-refractivity contribution in [3.8, 4) is 0 Å². The third kappa shape index (κ3) is 3.15. The van der Waals surface area contributed by atoms with E-state index in [1.54, 1.807) is 0 Å². The third-order valence-electron chi connectivity index (χ3n) is 3.45. The van der Waals surface area contributed by atoms with Crippen molar-refractivity contribution in [2.24, 2.45) is 0 Å². The number of nitrogens with zero attached hydrogens (tertiary/aromatic N) is 2. The highest BCUT2D eigenvalue weighted by atomic mass is 35.5. The van der Waals surface area contributed by atoms with Gasteiger partial charge in [0.15, 0.2) is 0 Å². The van der Waals surface area contributed by atoms with Crippen molar-refractivity contribution in [3.63, 3.8) is 0 Å². The van der Waals surface area contributed by atoms with Crippen molar-refractivity contribution in [2.45, 2.75) is 64.3 Å². The topological polar surface area (TPSA) is 43.8 Å². The van der Waals surface area contributed by atoms with E-state index in [0.29, 0.717) is 6.04 Å². The minimum atomic E-state index is 0. The molecule has 2 N–H and O–H groups in total. The van der Waals surface area contributed by atoms with Crippen LogP contribution < -0.4 is 5.73 Å². The lowest BCUT2D eigenvalue weighted by Gasteiger charge is -2.23. The maximum absolute atomic E-state index is 6.07. The molecular formula is C13H24ClN3. The molecule has 1 fully saturated rings. The lowest BCUT2D eigenvalue weighted by atomic mass is 9.92. The van der Waals surface area contributed by atoms with Gasteiger partial charge in [0, 0.05) is 11.5 Å². The van der Waals surface area contributed by atoms with E-state index >= 15 is 0 Å². The molecule has 2 rings (SSSR count). The van der Waals surface area contributed by atoms with E-state index in [4.69, 9.17) is 10.8 Å². The highest BCUT2D eigenvalue weighted by Crippen LogP contribution is 2.31. The van der Waals surface area contributed by atoms with Crippen LogP contribution in [0.15, 0.2) is 6.07 Å². The molecule has 0 saturated heterocycles. The lowest BCUT2D eigenvalue weighted by molar-refractivity contribution is 0.329. The molecule has 1 saturated carbocycles. The van der Waals surface area contributed by atoms with Crippen molar-refractivity contribution in [3.05, 3.63) is 11.8 Å². The molecule has 0 aromatic carbocycles. The number of halogens is 1. The van der Waals surface area contributed by atoms with E-state index in [1.165, 1.54) is 32.1 Å². The van der Waals surface area contributed by atoms with Gasteiger partial charge >= 0.3 is 0 Å². The standard InChI is InChI=1S/C13H23N3.ClH/c1-13(2,3)11-9-12(14)16(15-11)10-7-5-4-6-8-10;/h9-10H,4-8,14H2,1-3H3;1H. The molecular weight excluding hydrogens is 234 g/mol. The van der Waals surface area contributed by atoms with Gasteiger partial charge in [0.2, 0.25) is 0 Å². The summed E-state index contributed by atoms with van der Waals surface area (Å²) < 4.78 is 2.06. The van der Waals surface area contributed by atoms with Crippen molar-refractivity contribution < 1.29 is 0 Å². The Kier molecular flexibility index (Phi) is 4.48.